The first kappa shape index (κ1) is 22.0. The van der Waals surface area contributed by atoms with Gasteiger partial charge in [0.2, 0.25) is 10.0 Å². The third kappa shape index (κ3) is 4.84. The molecule has 2 aromatic carbocycles. The number of hydrazone groups is 1. The van der Waals surface area contributed by atoms with E-state index in [9.17, 15) is 13.2 Å². The Morgan fingerprint density at radius 3 is 2.50 bits per heavy atom. The highest BCUT2D eigenvalue weighted by atomic mass is 32.2. The van der Waals surface area contributed by atoms with Crippen molar-refractivity contribution in [2.45, 2.75) is 12.5 Å². The van der Waals surface area contributed by atoms with Gasteiger partial charge < -0.3 is 4.90 Å². The number of anilines is 2. The van der Waals surface area contributed by atoms with Gasteiger partial charge in [0.25, 0.3) is 5.91 Å². The second-order valence-corrected chi connectivity index (χ2v) is 10.5. The summed E-state index contributed by atoms with van der Waals surface area (Å²) in [6, 6.07) is 18.6. The van der Waals surface area contributed by atoms with E-state index < -0.39 is 10.0 Å². The molecule has 0 radical (unpaired) electrons. The second-order valence-electron chi connectivity index (χ2n) is 7.83. The molecule has 0 unspecified atom stereocenters. The predicted octanol–water partition coefficient (Wildman–Crippen LogP) is 4.18. The van der Waals surface area contributed by atoms with Gasteiger partial charge >= 0.3 is 0 Å². The van der Waals surface area contributed by atoms with Crippen molar-refractivity contribution >= 4 is 44.4 Å². The van der Waals surface area contributed by atoms with Crippen LogP contribution in [0.4, 0.5) is 11.4 Å². The van der Waals surface area contributed by atoms with Gasteiger partial charge in [0, 0.05) is 31.9 Å². The Balaban J connectivity index is 1.69. The number of rotatable bonds is 6. The lowest BCUT2D eigenvalue weighted by atomic mass is 9.98. The average molecular weight is 469 g/mol. The number of nitrogens with one attached hydrogen (secondary N) is 1. The maximum absolute atomic E-state index is 13.2. The van der Waals surface area contributed by atoms with Crippen LogP contribution in [-0.2, 0) is 10.0 Å². The summed E-state index contributed by atoms with van der Waals surface area (Å²) >= 11 is 1.38. The number of amides is 1. The molecule has 9 heteroatoms. The summed E-state index contributed by atoms with van der Waals surface area (Å²) in [5.74, 6) is -0.151. The molecule has 0 fully saturated rings. The minimum Gasteiger partial charge on any atom is -0.378 e. The lowest BCUT2D eigenvalue weighted by Crippen LogP contribution is -2.26. The standard InChI is InChI=1S/C23H24N4O3S2/c1-26(2)19-11-9-16(10-12-19)21-15-20(24-27(21)23(28)22-8-5-13-31-22)17-6-4-7-18(14-17)25-32(3,29)30/h4-14,21,25H,15H2,1-3H3/t21-/m1/s1. The molecular formula is C23H24N4O3S2. The summed E-state index contributed by atoms with van der Waals surface area (Å²) in [5, 5.41) is 8.10. The maximum atomic E-state index is 13.2. The van der Waals surface area contributed by atoms with Crippen LogP contribution in [0.1, 0.15) is 33.3 Å². The number of carbonyl (C=O) groups is 1. The normalized spacial score (nSPS) is 16.0. The number of benzene rings is 2. The number of sulfonamides is 1. The van der Waals surface area contributed by atoms with Gasteiger partial charge in [0.15, 0.2) is 0 Å². The zero-order chi connectivity index (χ0) is 22.9. The van der Waals surface area contributed by atoms with Crippen molar-refractivity contribution in [1.29, 1.82) is 0 Å². The van der Waals surface area contributed by atoms with E-state index in [0.29, 0.717) is 17.0 Å². The van der Waals surface area contributed by atoms with Crippen molar-refractivity contribution in [3.8, 4) is 0 Å². The summed E-state index contributed by atoms with van der Waals surface area (Å²) in [5.41, 5.74) is 4.03. The van der Waals surface area contributed by atoms with Gasteiger partial charge in [0.1, 0.15) is 0 Å². The van der Waals surface area contributed by atoms with Gasteiger partial charge in [-0.25, -0.2) is 13.4 Å². The molecule has 1 atom stereocenters. The first-order valence-corrected chi connectivity index (χ1v) is 12.8. The highest BCUT2D eigenvalue weighted by molar-refractivity contribution is 7.92. The van der Waals surface area contributed by atoms with E-state index in [4.69, 9.17) is 0 Å². The monoisotopic (exact) mass is 468 g/mol. The average Bonchev–Trinajstić information content (AvgIpc) is 3.43. The quantitative estimate of drug-likeness (QED) is 0.589. The molecule has 0 spiro atoms. The minimum atomic E-state index is -3.39. The molecule has 1 aliphatic rings. The van der Waals surface area contributed by atoms with Gasteiger partial charge in [-0.1, -0.05) is 30.3 Å². The van der Waals surface area contributed by atoms with E-state index in [2.05, 4.69) is 9.82 Å². The summed E-state index contributed by atoms with van der Waals surface area (Å²) < 4.78 is 25.7. The van der Waals surface area contributed by atoms with Crippen molar-refractivity contribution in [1.82, 2.24) is 5.01 Å². The summed E-state index contributed by atoms with van der Waals surface area (Å²) in [6.45, 7) is 0. The van der Waals surface area contributed by atoms with Crippen LogP contribution in [0.2, 0.25) is 0 Å². The maximum Gasteiger partial charge on any atom is 0.284 e. The van der Waals surface area contributed by atoms with Crippen molar-refractivity contribution in [2.75, 3.05) is 30.0 Å². The molecule has 1 aliphatic heterocycles. The first-order valence-electron chi connectivity index (χ1n) is 10.0. The molecule has 1 aromatic heterocycles. The molecule has 0 saturated heterocycles. The highest BCUT2D eigenvalue weighted by Crippen LogP contribution is 2.35. The van der Waals surface area contributed by atoms with E-state index in [-0.39, 0.29) is 11.9 Å². The number of hydrogen-bond acceptors (Lipinski definition) is 6. The molecule has 4 rings (SSSR count). The molecular weight excluding hydrogens is 444 g/mol. The predicted molar refractivity (Wildman–Crippen MR) is 130 cm³/mol. The molecule has 1 amide bonds. The van der Waals surface area contributed by atoms with Crippen LogP contribution in [0.15, 0.2) is 71.1 Å². The zero-order valence-electron chi connectivity index (χ0n) is 18.0. The van der Waals surface area contributed by atoms with E-state index in [1.807, 2.05) is 60.8 Å². The smallest absolute Gasteiger partial charge is 0.284 e. The molecule has 32 heavy (non-hydrogen) atoms. The lowest BCUT2D eigenvalue weighted by Gasteiger charge is -2.22. The van der Waals surface area contributed by atoms with Crippen molar-refractivity contribution < 1.29 is 13.2 Å². The van der Waals surface area contributed by atoms with Gasteiger partial charge in [-0.05, 0) is 46.8 Å². The van der Waals surface area contributed by atoms with E-state index >= 15 is 0 Å². The van der Waals surface area contributed by atoms with Gasteiger partial charge in [-0.3, -0.25) is 9.52 Å². The largest absolute Gasteiger partial charge is 0.378 e. The van der Waals surface area contributed by atoms with Crippen molar-refractivity contribution in [3.05, 3.63) is 82.0 Å². The van der Waals surface area contributed by atoms with Crippen LogP contribution in [-0.4, -0.2) is 45.4 Å². The summed E-state index contributed by atoms with van der Waals surface area (Å²) in [7, 11) is 0.571. The lowest BCUT2D eigenvalue weighted by molar-refractivity contribution is 0.0716. The van der Waals surface area contributed by atoms with Crippen LogP contribution >= 0.6 is 11.3 Å². The fourth-order valence-electron chi connectivity index (χ4n) is 3.62. The fourth-order valence-corrected chi connectivity index (χ4v) is 4.83. The first-order chi connectivity index (χ1) is 15.2. The molecule has 0 bridgehead atoms. The van der Waals surface area contributed by atoms with Crippen molar-refractivity contribution in [2.24, 2.45) is 5.10 Å². The number of hydrogen-bond donors (Lipinski definition) is 1. The van der Waals surface area contributed by atoms with E-state index in [1.165, 1.54) is 11.3 Å². The summed E-state index contributed by atoms with van der Waals surface area (Å²) in [4.78, 5) is 15.9. The Hall–Kier alpha value is -3.17. The molecule has 0 aliphatic carbocycles. The Kier molecular flexibility index (Phi) is 6.03. The zero-order valence-corrected chi connectivity index (χ0v) is 19.7. The summed E-state index contributed by atoms with van der Waals surface area (Å²) in [6.07, 6.45) is 1.64. The van der Waals surface area contributed by atoms with E-state index in [1.54, 1.807) is 29.3 Å². The topological polar surface area (TPSA) is 82.1 Å². The Labute approximate surface area is 192 Å². The van der Waals surface area contributed by atoms with Crippen LogP contribution in [0.3, 0.4) is 0 Å². The molecule has 7 nitrogen and oxygen atoms in total. The van der Waals surface area contributed by atoms with Gasteiger partial charge in [-0.2, -0.15) is 5.10 Å². The van der Waals surface area contributed by atoms with Crippen LogP contribution < -0.4 is 9.62 Å². The molecule has 2 heterocycles. The SMILES string of the molecule is CN(C)c1ccc([C@H]2CC(c3cccc(NS(C)(=O)=O)c3)=NN2C(=O)c2cccs2)cc1. The third-order valence-corrected chi connectivity index (χ3v) is 6.61. The Morgan fingerprint density at radius 1 is 1.12 bits per heavy atom. The van der Waals surface area contributed by atoms with Crippen LogP contribution in [0, 0.1) is 0 Å². The van der Waals surface area contributed by atoms with Crippen LogP contribution in [0.25, 0.3) is 0 Å². The van der Waals surface area contributed by atoms with Crippen molar-refractivity contribution in [3.63, 3.8) is 0 Å². The second kappa shape index (κ2) is 8.76. The van der Waals surface area contributed by atoms with Gasteiger partial charge in [-0.15, -0.1) is 11.3 Å². The Bertz CT molecular complexity index is 1250. The third-order valence-electron chi connectivity index (χ3n) is 5.14. The van der Waals surface area contributed by atoms with E-state index in [0.717, 1.165) is 28.8 Å². The molecule has 3 aromatic rings. The highest BCUT2D eigenvalue weighted by Gasteiger charge is 2.34. The number of thiophene rings is 1. The molecule has 0 saturated carbocycles. The fraction of sp³-hybridized carbons (Fsp3) is 0.217. The van der Waals surface area contributed by atoms with Gasteiger partial charge in [0.05, 0.1) is 22.9 Å². The minimum absolute atomic E-state index is 0.151. The number of carbonyl (C=O) groups excluding carboxylic acids is 1. The Morgan fingerprint density at radius 2 is 1.88 bits per heavy atom. The van der Waals surface area contributed by atoms with Crippen LogP contribution in [0.5, 0.6) is 0 Å². The molecule has 1 N–H and O–H groups in total. The number of nitrogens with zero attached hydrogens (tertiary/aromatic N) is 3. The molecule has 166 valence electrons.